The first-order chi connectivity index (χ1) is 21.9. The number of nitrogens with one attached hydrogen (secondary N) is 2. The number of amides is 1. The van der Waals surface area contributed by atoms with Gasteiger partial charge in [-0.25, -0.2) is 9.97 Å². The van der Waals surface area contributed by atoms with E-state index in [0.717, 1.165) is 61.3 Å². The van der Waals surface area contributed by atoms with Crippen molar-refractivity contribution in [1.82, 2.24) is 25.1 Å². The third kappa shape index (κ3) is 9.74. The molecule has 5 rings (SSSR count). The summed E-state index contributed by atoms with van der Waals surface area (Å²) in [7, 11) is 5.71. The van der Waals surface area contributed by atoms with E-state index >= 15 is 0 Å². The number of unbranched alkanes of at least 4 members (excludes halogenated alkanes) is 1. The molecule has 1 saturated heterocycles. The van der Waals surface area contributed by atoms with Crippen molar-refractivity contribution in [3.8, 4) is 11.5 Å². The summed E-state index contributed by atoms with van der Waals surface area (Å²) in [6.07, 6.45) is 6.77. The topological polar surface area (TPSA) is 109 Å². The average molecular weight is 631 g/mol. The molecule has 2 aliphatic rings. The lowest BCUT2D eigenvalue weighted by Gasteiger charge is -2.25. The van der Waals surface area contributed by atoms with Crippen LogP contribution in [0.5, 0.6) is 11.5 Å². The SMILES string of the molecule is C.COc1ccc2cc1OCCNC(=O)[C@H](CCCCN(C)C)CC(=O)[C@@H]1CCCN1Cc1cccc(c1)Nc1cc(ncn1)C2. The largest absolute Gasteiger partial charge is 0.493 e. The van der Waals surface area contributed by atoms with Crippen molar-refractivity contribution in [2.75, 3.05) is 52.8 Å². The van der Waals surface area contributed by atoms with Gasteiger partial charge in [-0.1, -0.05) is 32.0 Å². The lowest BCUT2D eigenvalue weighted by molar-refractivity contribution is -0.131. The number of hydrogen-bond donors (Lipinski definition) is 2. The first-order valence-corrected chi connectivity index (χ1v) is 16.0. The second-order valence-electron chi connectivity index (χ2n) is 12.3. The van der Waals surface area contributed by atoms with Crippen LogP contribution >= 0.6 is 0 Å². The highest BCUT2D eigenvalue weighted by Gasteiger charge is 2.33. The Morgan fingerprint density at radius 3 is 2.76 bits per heavy atom. The Kier molecular flexibility index (Phi) is 12.9. The highest BCUT2D eigenvalue weighted by molar-refractivity contribution is 5.90. The molecule has 3 aromatic rings. The van der Waals surface area contributed by atoms with Gasteiger partial charge in [0.05, 0.1) is 25.4 Å². The van der Waals surface area contributed by atoms with E-state index in [2.05, 4.69) is 56.6 Å². The third-order valence-corrected chi connectivity index (χ3v) is 8.54. The lowest BCUT2D eigenvalue weighted by Crippen LogP contribution is -2.40. The number of carbonyl (C=O) groups excluding carboxylic acids is 2. The molecule has 2 aliphatic heterocycles. The fourth-order valence-electron chi connectivity index (χ4n) is 6.23. The molecular formula is C36H50N6O4. The molecule has 2 N–H and O–H groups in total. The van der Waals surface area contributed by atoms with Gasteiger partial charge in [0.1, 0.15) is 18.8 Å². The normalized spacial score (nSPS) is 19.4. The Balaban J connectivity index is 0.00000480. The highest BCUT2D eigenvalue weighted by Crippen LogP contribution is 2.30. The molecule has 0 saturated carbocycles. The number of fused-ring (bicyclic) bond motifs is 7. The molecule has 46 heavy (non-hydrogen) atoms. The lowest BCUT2D eigenvalue weighted by atomic mass is 9.91. The van der Waals surface area contributed by atoms with Gasteiger partial charge in [0.15, 0.2) is 17.3 Å². The molecule has 248 valence electrons. The number of rotatable bonds is 6. The monoisotopic (exact) mass is 630 g/mol. The molecule has 10 nitrogen and oxygen atoms in total. The van der Waals surface area contributed by atoms with Crippen molar-refractivity contribution in [2.45, 2.75) is 65.0 Å². The summed E-state index contributed by atoms with van der Waals surface area (Å²) < 4.78 is 11.6. The number of hydrogen-bond acceptors (Lipinski definition) is 9. The second kappa shape index (κ2) is 17.1. The Morgan fingerprint density at radius 2 is 1.93 bits per heavy atom. The van der Waals surface area contributed by atoms with Crippen molar-refractivity contribution in [3.05, 3.63) is 71.7 Å². The van der Waals surface area contributed by atoms with Gasteiger partial charge < -0.3 is 25.0 Å². The van der Waals surface area contributed by atoms with Gasteiger partial charge >= 0.3 is 0 Å². The Bertz CT molecular complexity index is 1450. The Labute approximate surface area is 273 Å². The number of anilines is 2. The van der Waals surface area contributed by atoms with Gasteiger partial charge in [-0.05, 0) is 88.3 Å². The minimum atomic E-state index is -0.362. The number of carbonyl (C=O) groups is 2. The standard InChI is InChI=1S/C35H46N6O4.CH4/c1-40(2)15-5-4-9-27-21-31(42)30-11-7-16-41(30)23-26-8-6-10-28(19-26)39-34-22-29(37-24-38-34)18-25-12-13-32(44-3)33(20-25)45-17-14-36-35(27)43;/h6,8,10,12-13,19-20,22,24,27,30H,4-5,7,9,11,14-18,21,23H2,1-3H3,(H,36,43)(H,37,38,39);1H4/t27-,30+;/m1./s1. The van der Waals surface area contributed by atoms with Crippen molar-refractivity contribution in [3.63, 3.8) is 0 Å². The van der Waals surface area contributed by atoms with Gasteiger partial charge in [0.25, 0.3) is 0 Å². The Hall–Kier alpha value is -4.02. The molecule has 0 aliphatic carbocycles. The zero-order valence-corrected chi connectivity index (χ0v) is 26.8. The fourth-order valence-corrected chi connectivity index (χ4v) is 6.23. The van der Waals surface area contributed by atoms with E-state index in [9.17, 15) is 9.59 Å². The van der Waals surface area contributed by atoms with E-state index in [1.807, 2.05) is 36.4 Å². The zero-order chi connectivity index (χ0) is 31.6. The van der Waals surface area contributed by atoms with E-state index in [-0.39, 0.29) is 44.1 Å². The predicted molar refractivity (Wildman–Crippen MR) is 182 cm³/mol. The van der Waals surface area contributed by atoms with Crippen LogP contribution in [0.1, 0.15) is 62.8 Å². The van der Waals surface area contributed by atoms with Gasteiger partial charge in [-0.3, -0.25) is 14.5 Å². The van der Waals surface area contributed by atoms with Crippen LogP contribution < -0.4 is 20.1 Å². The number of nitrogens with zero attached hydrogens (tertiary/aromatic N) is 4. The van der Waals surface area contributed by atoms with Crippen LogP contribution in [0.15, 0.2) is 54.9 Å². The van der Waals surface area contributed by atoms with Crippen molar-refractivity contribution in [2.24, 2.45) is 5.92 Å². The molecule has 0 unspecified atom stereocenters. The molecule has 0 radical (unpaired) electrons. The maximum atomic E-state index is 13.7. The number of methoxy groups -OCH3 is 1. The quantitative estimate of drug-likeness (QED) is 0.354. The molecule has 2 atom stereocenters. The molecule has 1 aromatic heterocycles. The molecule has 6 bridgehead atoms. The molecular weight excluding hydrogens is 580 g/mol. The number of ether oxygens (including phenoxy) is 2. The predicted octanol–water partition coefficient (Wildman–Crippen LogP) is 5.24. The first kappa shape index (κ1) is 34.8. The van der Waals surface area contributed by atoms with Crippen molar-refractivity contribution in [1.29, 1.82) is 0 Å². The summed E-state index contributed by atoms with van der Waals surface area (Å²) in [6, 6.07) is 15.9. The smallest absolute Gasteiger partial charge is 0.223 e. The molecule has 1 fully saturated rings. The van der Waals surface area contributed by atoms with Crippen LogP contribution in [-0.2, 0) is 22.6 Å². The Morgan fingerprint density at radius 1 is 1.07 bits per heavy atom. The maximum Gasteiger partial charge on any atom is 0.223 e. The van der Waals surface area contributed by atoms with Crippen molar-refractivity contribution >= 4 is 23.2 Å². The van der Waals surface area contributed by atoms with Crippen LogP contribution in [0.4, 0.5) is 11.5 Å². The minimum absolute atomic E-state index is 0. The van der Waals surface area contributed by atoms with E-state index in [4.69, 9.17) is 9.47 Å². The highest BCUT2D eigenvalue weighted by atomic mass is 16.5. The van der Waals surface area contributed by atoms with Crippen molar-refractivity contribution < 1.29 is 19.1 Å². The number of ketones is 1. The van der Waals surface area contributed by atoms with Crippen LogP contribution in [0, 0.1) is 5.92 Å². The fraction of sp³-hybridized carbons (Fsp3) is 0.500. The summed E-state index contributed by atoms with van der Waals surface area (Å²) in [6.45, 7) is 3.12. The van der Waals surface area contributed by atoms with E-state index in [1.165, 1.54) is 0 Å². The molecule has 10 heteroatoms. The van der Waals surface area contributed by atoms with Gasteiger partial charge in [-0.2, -0.15) is 0 Å². The summed E-state index contributed by atoms with van der Waals surface area (Å²) in [5.41, 5.74) is 3.93. The maximum absolute atomic E-state index is 13.7. The van der Waals surface area contributed by atoms with Crippen LogP contribution in [-0.4, -0.2) is 84.9 Å². The summed E-state index contributed by atoms with van der Waals surface area (Å²) in [5.74, 6) is 1.65. The average Bonchev–Trinajstić information content (AvgIpc) is 3.49. The summed E-state index contributed by atoms with van der Waals surface area (Å²) in [4.78, 5) is 40.5. The molecule has 3 heterocycles. The van der Waals surface area contributed by atoms with E-state index in [1.54, 1.807) is 13.4 Å². The van der Waals surface area contributed by atoms with Gasteiger partial charge in [0, 0.05) is 37.1 Å². The van der Waals surface area contributed by atoms with Gasteiger partial charge in [0.2, 0.25) is 5.91 Å². The number of aromatic nitrogens is 2. The second-order valence-corrected chi connectivity index (χ2v) is 12.3. The first-order valence-electron chi connectivity index (χ1n) is 16.0. The summed E-state index contributed by atoms with van der Waals surface area (Å²) in [5, 5.41) is 6.48. The molecule has 0 spiro atoms. The number of benzene rings is 2. The van der Waals surface area contributed by atoms with Crippen LogP contribution in [0.25, 0.3) is 0 Å². The summed E-state index contributed by atoms with van der Waals surface area (Å²) >= 11 is 0. The van der Waals surface area contributed by atoms with Gasteiger partial charge in [-0.15, -0.1) is 0 Å². The van der Waals surface area contributed by atoms with Crippen LogP contribution in [0.3, 0.4) is 0 Å². The third-order valence-electron chi connectivity index (χ3n) is 8.54. The van der Waals surface area contributed by atoms with Crippen LogP contribution in [0.2, 0.25) is 0 Å². The molecule has 1 amide bonds. The minimum Gasteiger partial charge on any atom is -0.493 e. The zero-order valence-electron chi connectivity index (χ0n) is 26.8. The molecule has 2 aromatic carbocycles. The number of Topliss-reactive ketones (excluding diaryl/α,β-unsaturated/α-hetero) is 1. The van der Waals surface area contributed by atoms with E-state index in [0.29, 0.717) is 43.2 Å². The van der Waals surface area contributed by atoms with E-state index < -0.39 is 0 Å².